The van der Waals surface area contributed by atoms with E-state index in [1.54, 1.807) is 11.3 Å². The number of rotatable bonds is 3. The molecule has 0 saturated carbocycles. The van der Waals surface area contributed by atoms with Crippen LogP contribution in [0.5, 0.6) is 0 Å². The highest BCUT2D eigenvalue weighted by atomic mass is 32.1. The molecule has 1 aliphatic heterocycles. The SMILES string of the molecule is CCOC(=O)C1CCCc2sc(C3(C)CCCO3)nc21. The van der Waals surface area contributed by atoms with E-state index in [0.29, 0.717) is 6.61 Å². The molecule has 0 aromatic carbocycles. The van der Waals surface area contributed by atoms with Crippen LogP contribution in [-0.2, 0) is 26.3 Å². The van der Waals surface area contributed by atoms with Crippen LogP contribution in [0.2, 0.25) is 0 Å². The fourth-order valence-corrected chi connectivity index (χ4v) is 4.36. The average Bonchev–Trinajstić information content (AvgIpc) is 3.05. The first-order valence-corrected chi connectivity index (χ1v) is 8.26. The van der Waals surface area contributed by atoms with Crippen LogP contribution in [0.15, 0.2) is 0 Å². The van der Waals surface area contributed by atoms with E-state index in [0.717, 1.165) is 49.4 Å². The average molecular weight is 295 g/mol. The van der Waals surface area contributed by atoms with E-state index in [4.69, 9.17) is 14.5 Å². The fraction of sp³-hybridized carbons (Fsp3) is 0.733. The largest absolute Gasteiger partial charge is 0.465 e. The molecule has 110 valence electrons. The quantitative estimate of drug-likeness (QED) is 0.804. The van der Waals surface area contributed by atoms with Gasteiger partial charge in [-0.3, -0.25) is 4.79 Å². The number of hydrogen-bond acceptors (Lipinski definition) is 5. The Morgan fingerprint density at radius 1 is 1.55 bits per heavy atom. The molecule has 0 spiro atoms. The van der Waals surface area contributed by atoms with Crippen molar-refractivity contribution in [2.75, 3.05) is 13.2 Å². The lowest BCUT2D eigenvalue weighted by Gasteiger charge is -2.20. The number of aryl methyl sites for hydroxylation is 1. The van der Waals surface area contributed by atoms with E-state index in [-0.39, 0.29) is 17.5 Å². The van der Waals surface area contributed by atoms with Gasteiger partial charge in [-0.2, -0.15) is 0 Å². The normalized spacial score (nSPS) is 29.2. The summed E-state index contributed by atoms with van der Waals surface area (Å²) in [5.74, 6) is -0.295. The third-order valence-electron chi connectivity index (χ3n) is 4.20. The van der Waals surface area contributed by atoms with Crippen LogP contribution in [-0.4, -0.2) is 24.2 Å². The summed E-state index contributed by atoms with van der Waals surface area (Å²) in [7, 11) is 0. The summed E-state index contributed by atoms with van der Waals surface area (Å²) >= 11 is 1.73. The van der Waals surface area contributed by atoms with E-state index < -0.39 is 0 Å². The first-order valence-electron chi connectivity index (χ1n) is 7.44. The summed E-state index contributed by atoms with van der Waals surface area (Å²) in [6, 6.07) is 0. The van der Waals surface area contributed by atoms with Gasteiger partial charge < -0.3 is 9.47 Å². The van der Waals surface area contributed by atoms with E-state index in [1.165, 1.54) is 4.88 Å². The zero-order valence-electron chi connectivity index (χ0n) is 12.1. The predicted molar refractivity (Wildman–Crippen MR) is 77.0 cm³/mol. The smallest absolute Gasteiger partial charge is 0.315 e. The Balaban J connectivity index is 1.90. The fourth-order valence-electron chi connectivity index (χ4n) is 3.06. The Morgan fingerprint density at radius 3 is 3.10 bits per heavy atom. The van der Waals surface area contributed by atoms with Crippen molar-refractivity contribution in [2.45, 2.75) is 57.5 Å². The molecule has 1 aromatic heterocycles. The summed E-state index contributed by atoms with van der Waals surface area (Å²) in [4.78, 5) is 18.1. The summed E-state index contributed by atoms with van der Waals surface area (Å²) < 4.78 is 11.1. The Morgan fingerprint density at radius 2 is 2.40 bits per heavy atom. The van der Waals surface area contributed by atoms with Gasteiger partial charge in [0.25, 0.3) is 0 Å². The number of hydrogen-bond donors (Lipinski definition) is 0. The molecule has 1 aromatic rings. The number of carbonyl (C=O) groups is 1. The maximum absolute atomic E-state index is 12.1. The molecule has 0 bridgehead atoms. The second-order valence-electron chi connectivity index (χ2n) is 5.71. The molecule has 1 fully saturated rings. The predicted octanol–water partition coefficient (Wildman–Crippen LogP) is 3.15. The molecule has 0 N–H and O–H groups in total. The molecule has 1 aliphatic carbocycles. The molecule has 2 aliphatic rings. The molecule has 5 heteroatoms. The third-order valence-corrected chi connectivity index (χ3v) is 5.57. The van der Waals surface area contributed by atoms with Crippen molar-refractivity contribution in [1.29, 1.82) is 0 Å². The van der Waals surface area contributed by atoms with Crippen LogP contribution in [0.4, 0.5) is 0 Å². The Kier molecular flexibility index (Phi) is 3.82. The lowest BCUT2D eigenvalue weighted by atomic mass is 9.91. The van der Waals surface area contributed by atoms with Crippen molar-refractivity contribution >= 4 is 17.3 Å². The first-order chi connectivity index (χ1) is 9.64. The number of esters is 1. The van der Waals surface area contributed by atoms with E-state index in [2.05, 4.69) is 6.92 Å². The van der Waals surface area contributed by atoms with Gasteiger partial charge in [-0.15, -0.1) is 11.3 Å². The Labute approximate surface area is 123 Å². The number of carbonyl (C=O) groups excluding carboxylic acids is 1. The Bertz CT molecular complexity index is 505. The van der Waals surface area contributed by atoms with Crippen LogP contribution >= 0.6 is 11.3 Å². The van der Waals surface area contributed by atoms with Gasteiger partial charge in [0.15, 0.2) is 0 Å². The first kappa shape index (κ1) is 14.0. The zero-order chi connectivity index (χ0) is 14.2. The van der Waals surface area contributed by atoms with Gasteiger partial charge in [0.1, 0.15) is 16.5 Å². The maximum atomic E-state index is 12.1. The van der Waals surface area contributed by atoms with Crippen molar-refractivity contribution in [3.8, 4) is 0 Å². The summed E-state index contributed by atoms with van der Waals surface area (Å²) in [6.07, 6.45) is 5.02. The monoisotopic (exact) mass is 295 g/mol. The molecule has 1 saturated heterocycles. The molecule has 0 amide bonds. The standard InChI is InChI=1S/C15H21NO3S/c1-3-18-13(17)10-6-4-7-11-12(10)16-14(20-11)15(2)8-5-9-19-15/h10H,3-9H2,1-2H3. The minimum Gasteiger partial charge on any atom is -0.465 e. The van der Waals surface area contributed by atoms with Crippen molar-refractivity contribution < 1.29 is 14.3 Å². The number of aromatic nitrogens is 1. The van der Waals surface area contributed by atoms with Crippen LogP contribution in [0.25, 0.3) is 0 Å². The van der Waals surface area contributed by atoms with Gasteiger partial charge in [0.05, 0.1) is 12.3 Å². The maximum Gasteiger partial charge on any atom is 0.315 e. The van der Waals surface area contributed by atoms with Crippen molar-refractivity contribution in [3.63, 3.8) is 0 Å². The lowest BCUT2D eigenvalue weighted by molar-refractivity contribution is -0.145. The van der Waals surface area contributed by atoms with E-state index in [1.807, 2.05) is 6.92 Å². The van der Waals surface area contributed by atoms with Gasteiger partial charge >= 0.3 is 5.97 Å². The van der Waals surface area contributed by atoms with Crippen molar-refractivity contribution in [2.24, 2.45) is 0 Å². The van der Waals surface area contributed by atoms with Crippen LogP contribution in [0.3, 0.4) is 0 Å². The number of thiazole rings is 1. The van der Waals surface area contributed by atoms with Gasteiger partial charge in [-0.05, 0) is 46.0 Å². The lowest BCUT2D eigenvalue weighted by Crippen LogP contribution is -2.22. The molecular formula is C15H21NO3S. The van der Waals surface area contributed by atoms with E-state index >= 15 is 0 Å². The van der Waals surface area contributed by atoms with Crippen LogP contribution in [0, 0.1) is 0 Å². The molecule has 2 atom stereocenters. The third kappa shape index (κ3) is 2.37. The molecule has 20 heavy (non-hydrogen) atoms. The highest BCUT2D eigenvalue weighted by Gasteiger charge is 2.38. The van der Waals surface area contributed by atoms with Crippen molar-refractivity contribution in [3.05, 3.63) is 15.6 Å². The van der Waals surface area contributed by atoms with Gasteiger partial charge in [0, 0.05) is 11.5 Å². The highest BCUT2D eigenvalue weighted by molar-refractivity contribution is 7.11. The molecule has 2 unspecified atom stereocenters. The van der Waals surface area contributed by atoms with E-state index in [9.17, 15) is 4.79 Å². The molecule has 4 nitrogen and oxygen atoms in total. The second kappa shape index (κ2) is 5.45. The highest BCUT2D eigenvalue weighted by Crippen LogP contribution is 2.43. The zero-order valence-corrected chi connectivity index (χ0v) is 12.9. The minimum absolute atomic E-state index is 0.122. The van der Waals surface area contributed by atoms with Gasteiger partial charge in [0.2, 0.25) is 0 Å². The van der Waals surface area contributed by atoms with Crippen molar-refractivity contribution in [1.82, 2.24) is 4.98 Å². The molecular weight excluding hydrogens is 274 g/mol. The second-order valence-corrected chi connectivity index (χ2v) is 6.79. The molecule has 3 rings (SSSR count). The minimum atomic E-state index is -0.249. The molecule has 0 radical (unpaired) electrons. The number of nitrogens with zero attached hydrogens (tertiary/aromatic N) is 1. The summed E-state index contributed by atoms with van der Waals surface area (Å²) in [6.45, 7) is 5.20. The molecule has 2 heterocycles. The van der Waals surface area contributed by atoms with Crippen LogP contribution in [0.1, 0.15) is 61.0 Å². The van der Waals surface area contributed by atoms with Crippen LogP contribution < -0.4 is 0 Å². The number of ether oxygens (including phenoxy) is 2. The Hall–Kier alpha value is -0.940. The summed E-state index contributed by atoms with van der Waals surface area (Å²) in [5.41, 5.74) is 0.702. The summed E-state index contributed by atoms with van der Waals surface area (Å²) in [5, 5.41) is 1.04. The van der Waals surface area contributed by atoms with Gasteiger partial charge in [-0.25, -0.2) is 4.98 Å². The number of fused-ring (bicyclic) bond motifs is 1. The topological polar surface area (TPSA) is 48.4 Å². The van der Waals surface area contributed by atoms with Gasteiger partial charge in [-0.1, -0.05) is 0 Å².